The first-order valence-electron chi connectivity index (χ1n) is 35.6. The number of carbonyl (C=O) groups excluding carboxylic acids is 4. The molecular formula is C68H132O17P2. The van der Waals surface area contributed by atoms with E-state index in [4.69, 9.17) is 37.0 Å². The lowest BCUT2D eigenvalue weighted by atomic mass is 10.0. The number of hydrogen-bond donors (Lipinski definition) is 3. The molecule has 2 unspecified atom stereocenters. The Labute approximate surface area is 530 Å². The highest BCUT2D eigenvalue weighted by Gasteiger charge is 2.30. The molecule has 0 aromatic carbocycles. The number of phosphoric ester groups is 2. The maximum Gasteiger partial charge on any atom is 0.472 e. The molecule has 17 nitrogen and oxygen atoms in total. The van der Waals surface area contributed by atoms with Gasteiger partial charge in [-0.25, -0.2) is 9.13 Å². The molecule has 0 radical (unpaired) electrons. The number of rotatable bonds is 68. The van der Waals surface area contributed by atoms with Crippen LogP contribution in [0.2, 0.25) is 0 Å². The zero-order valence-corrected chi connectivity index (χ0v) is 57.9. The number of phosphoric acid groups is 2. The van der Waals surface area contributed by atoms with E-state index in [1.165, 1.54) is 161 Å². The largest absolute Gasteiger partial charge is 0.472 e. The fraction of sp³-hybridized carbons (Fsp3) is 0.941. The third-order valence-corrected chi connectivity index (χ3v) is 17.7. The average molecular weight is 1280 g/mol. The average Bonchev–Trinajstić information content (AvgIpc) is 3.62. The molecular weight excluding hydrogens is 1150 g/mol. The number of aliphatic hydroxyl groups is 1. The van der Waals surface area contributed by atoms with Crippen molar-refractivity contribution in [3.05, 3.63) is 0 Å². The molecule has 0 aliphatic heterocycles. The summed E-state index contributed by atoms with van der Waals surface area (Å²) in [6.07, 6.45) is 47.3. The number of hydrogen-bond acceptors (Lipinski definition) is 15. The fourth-order valence-electron chi connectivity index (χ4n) is 10.3. The van der Waals surface area contributed by atoms with Gasteiger partial charge >= 0.3 is 39.5 Å². The molecule has 0 aliphatic rings. The number of aliphatic hydroxyl groups excluding tert-OH is 1. The highest BCUT2D eigenvalue weighted by molar-refractivity contribution is 7.47. The maximum absolute atomic E-state index is 13.0. The molecule has 0 heterocycles. The van der Waals surface area contributed by atoms with Crippen LogP contribution in [0.4, 0.5) is 0 Å². The van der Waals surface area contributed by atoms with Crippen LogP contribution in [0.1, 0.15) is 349 Å². The van der Waals surface area contributed by atoms with Crippen molar-refractivity contribution >= 4 is 39.5 Å². The Morgan fingerprint density at radius 2 is 0.529 bits per heavy atom. The van der Waals surface area contributed by atoms with Crippen LogP contribution >= 0.6 is 15.6 Å². The Balaban J connectivity index is 5.19. The predicted octanol–water partition coefficient (Wildman–Crippen LogP) is 19.4. The van der Waals surface area contributed by atoms with E-state index in [1.54, 1.807) is 0 Å². The van der Waals surface area contributed by atoms with Crippen LogP contribution in [-0.4, -0.2) is 96.7 Å². The van der Waals surface area contributed by atoms with Gasteiger partial charge in [0.1, 0.15) is 19.3 Å². The minimum absolute atomic E-state index is 0.106. The van der Waals surface area contributed by atoms with Crippen molar-refractivity contribution < 1.29 is 80.2 Å². The van der Waals surface area contributed by atoms with Gasteiger partial charge in [0.15, 0.2) is 12.2 Å². The summed E-state index contributed by atoms with van der Waals surface area (Å²) in [4.78, 5) is 72.3. The van der Waals surface area contributed by atoms with E-state index in [2.05, 4.69) is 34.6 Å². The highest BCUT2D eigenvalue weighted by atomic mass is 31.2. The molecule has 0 fully saturated rings. The van der Waals surface area contributed by atoms with Crippen molar-refractivity contribution in [1.82, 2.24) is 0 Å². The lowest BCUT2D eigenvalue weighted by Crippen LogP contribution is -2.30. The maximum atomic E-state index is 13.0. The number of ether oxygens (including phenoxy) is 4. The molecule has 0 saturated heterocycles. The molecule has 0 rings (SSSR count). The topological polar surface area (TPSA) is 237 Å². The lowest BCUT2D eigenvalue weighted by molar-refractivity contribution is -0.161. The number of unbranched alkanes of at least 4 members (excludes halogenated alkanes) is 40. The van der Waals surface area contributed by atoms with E-state index in [0.29, 0.717) is 25.7 Å². The van der Waals surface area contributed by atoms with E-state index in [1.807, 2.05) is 0 Å². The van der Waals surface area contributed by atoms with Crippen molar-refractivity contribution in [2.24, 2.45) is 5.92 Å². The van der Waals surface area contributed by atoms with Crippen LogP contribution in [0.3, 0.4) is 0 Å². The molecule has 87 heavy (non-hydrogen) atoms. The summed E-state index contributed by atoms with van der Waals surface area (Å²) in [6, 6.07) is 0. The Hall–Kier alpha value is -1.94. The number of esters is 4. The third-order valence-electron chi connectivity index (χ3n) is 15.8. The predicted molar refractivity (Wildman–Crippen MR) is 349 cm³/mol. The van der Waals surface area contributed by atoms with E-state index in [9.17, 15) is 43.2 Å². The summed E-state index contributed by atoms with van der Waals surface area (Å²) >= 11 is 0. The SMILES string of the molecule is CCCCCCCCCCCCCCCCCCCC(=O)O[C@H](COC(=O)CCCCCCCCCCCCC(C)C)COP(=O)(O)OC[C@@H](O)COP(=O)(O)OC[C@@H](COC(=O)CCCCCCCCC)OC(=O)CCCCCCCCCCCC. The number of carbonyl (C=O) groups is 4. The van der Waals surface area contributed by atoms with Crippen LogP contribution in [0.15, 0.2) is 0 Å². The Kier molecular flexibility index (Phi) is 60.2. The van der Waals surface area contributed by atoms with Gasteiger partial charge in [-0.3, -0.25) is 37.3 Å². The molecule has 19 heteroatoms. The standard InChI is InChI=1S/C68H132O17P2/c1-6-9-12-15-18-20-22-23-24-25-26-27-28-34-39-44-49-54-68(73)85-64(58-79-66(71)52-47-42-37-33-30-29-31-36-40-45-50-61(4)5)60-83-87(76,77)81-56-62(69)55-80-86(74,75)82-59-63(57-78-65(70)51-46-41-35-17-14-11-8-3)84-67(72)53-48-43-38-32-21-19-16-13-10-7-2/h61-64,69H,6-60H2,1-5H3,(H,74,75)(H,76,77)/t62-,63+,64+/m0/s1. The molecule has 5 atom stereocenters. The summed E-state index contributed by atoms with van der Waals surface area (Å²) in [5, 5.41) is 10.6. The van der Waals surface area contributed by atoms with Gasteiger partial charge in [-0.1, -0.05) is 298 Å². The summed E-state index contributed by atoms with van der Waals surface area (Å²) in [5.41, 5.74) is 0. The summed E-state index contributed by atoms with van der Waals surface area (Å²) in [7, 11) is -9.89. The highest BCUT2D eigenvalue weighted by Crippen LogP contribution is 2.45. The van der Waals surface area contributed by atoms with Crippen molar-refractivity contribution in [2.75, 3.05) is 39.6 Å². The fourth-order valence-corrected chi connectivity index (χ4v) is 11.9. The second-order valence-corrected chi connectivity index (χ2v) is 27.9. The summed E-state index contributed by atoms with van der Waals surface area (Å²) in [5.74, 6) is -1.37. The van der Waals surface area contributed by atoms with Crippen molar-refractivity contribution in [2.45, 2.75) is 368 Å². The van der Waals surface area contributed by atoms with Crippen molar-refractivity contribution in [3.63, 3.8) is 0 Å². The van der Waals surface area contributed by atoms with E-state index >= 15 is 0 Å². The first kappa shape index (κ1) is 85.1. The smallest absolute Gasteiger partial charge is 0.462 e. The van der Waals surface area contributed by atoms with Gasteiger partial charge in [0, 0.05) is 25.7 Å². The van der Waals surface area contributed by atoms with Gasteiger partial charge < -0.3 is 33.8 Å². The third kappa shape index (κ3) is 62.6. The van der Waals surface area contributed by atoms with Crippen LogP contribution in [0.25, 0.3) is 0 Å². The van der Waals surface area contributed by atoms with Gasteiger partial charge in [-0.05, 0) is 31.6 Å². The molecule has 0 bridgehead atoms. The minimum Gasteiger partial charge on any atom is -0.462 e. The molecule has 3 N–H and O–H groups in total. The molecule has 0 aromatic rings. The first-order valence-corrected chi connectivity index (χ1v) is 38.6. The van der Waals surface area contributed by atoms with Gasteiger partial charge in [-0.2, -0.15) is 0 Å². The molecule has 0 saturated carbocycles. The van der Waals surface area contributed by atoms with Crippen LogP contribution in [0.5, 0.6) is 0 Å². The van der Waals surface area contributed by atoms with Gasteiger partial charge in [0.25, 0.3) is 0 Å². The van der Waals surface area contributed by atoms with Crippen LogP contribution in [-0.2, 0) is 65.4 Å². The zero-order chi connectivity index (χ0) is 64.2. The van der Waals surface area contributed by atoms with Gasteiger partial charge in [0.05, 0.1) is 26.4 Å². The Morgan fingerprint density at radius 1 is 0.310 bits per heavy atom. The van der Waals surface area contributed by atoms with E-state index < -0.39 is 97.5 Å². The lowest BCUT2D eigenvalue weighted by Gasteiger charge is -2.21. The normalized spacial score (nSPS) is 14.1. The molecule has 0 aromatic heterocycles. The quantitative estimate of drug-likeness (QED) is 0.0222. The summed E-state index contributed by atoms with van der Waals surface area (Å²) < 4.78 is 68.1. The zero-order valence-electron chi connectivity index (χ0n) is 56.2. The second kappa shape index (κ2) is 61.6. The minimum atomic E-state index is -4.95. The van der Waals surface area contributed by atoms with E-state index in [-0.39, 0.29) is 25.7 Å². The molecule has 0 aliphatic carbocycles. The molecule has 0 amide bonds. The van der Waals surface area contributed by atoms with Gasteiger partial charge in [0.2, 0.25) is 0 Å². The van der Waals surface area contributed by atoms with Crippen LogP contribution in [0, 0.1) is 5.92 Å². The van der Waals surface area contributed by atoms with Crippen molar-refractivity contribution in [3.8, 4) is 0 Å². The second-order valence-electron chi connectivity index (χ2n) is 25.0. The van der Waals surface area contributed by atoms with E-state index in [0.717, 1.165) is 109 Å². The summed E-state index contributed by atoms with van der Waals surface area (Å²) in [6.45, 7) is 7.18. The molecule has 516 valence electrons. The Morgan fingerprint density at radius 3 is 0.782 bits per heavy atom. The van der Waals surface area contributed by atoms with Crippen molar-refractivity contribution in [1.29, 1.82) is 0 Å². The van der Waals surface area contributed by atoms with Crippen LogP contribution < -0.4 is 0 Å². The molecule has 0 spiro atoms. The van der Waals surface area contributed by atoms with Gasteiger partial charge in [-0.15, -0.1) is 0 Å². The monoisotopic (exact) mass is 1280 g/mol. The first-order chi connectivity index (χ1) is 42.0. The Bertz CT molecular complexity index is 1690.